The van der Waals surface area contributed by atoms with Crippen LogP contribution in [0.1, 0.15) is 132 Å². The summed E-state index contributed by atoms with van der Waals surface area (Å²) in [5.41, 5.74) is 16.5. The van der Waals surface area contributed by atoms with Crippen molar-refractivity contribution in [2.24, 2.45) is 5.92 Å². The van der Waals surface area contributed by atoms with Gasteiger partial charge in [0.15, 0.2) is 0 Å². The summed E-state index contributed by atoms with van der Waals surface area (Å²) in [5.74, 6) is -0.0173. The molecule has 3 aliphatic carbocycles. The van der Waals surface area contributed by atoms with Crippen molar-refractivity contribution in [2.45, 2.75) is 112 Å². The predicted octanol–water partition coefficient (Wildman–Crippen LogP) is 15.2. The van der Waals surface area contributed by atoms with Gasteiger partial charge in [-0.15, -0.1) is 0 Å². The molecule has 3 aliphatic rings. The molecule has 0 nitrogen and oxygen atoms in total. The van der Waals surface area contributed by atoms with E-state index in [4.69, 9.17) is 17.0 Å². The van der Waals surface area contributed by atoms with Gasteiger partial charge in [0.2, 0.25) is 0 Å². The summed E-state index contributed by atoms with van der Waals surface area (Å²) in [6.45, 7) is 16.5. The first-order valence-corrected chi connectivity index (χ1v) is 36.2. The van der Waals surface area contributed by atoms with Gasteiger partial charge in [-0.3, -0.25) is 0 Å². The summed E-state index contributed by atoms with van der Waals surface area (Å²) in [6.07, 6.45) is 13.8. The molecule has 7 rings (SSSR count). The van der Waals surface area contributed by atoms with E-state index in [1.54, 1.807) is 0 Å². The van der Waals surface area contributed by atoms with E-state index in [0.29, 0.717) is 17.8 Å². The maximum absolute atomic E-state index is 8.78. The van der Waals surface area contributed by atoms with Gasteiger partial charge in [-0.1, -0.05) is 0 Å². The van der Waals surface area contributed by atoms with Gasteiger partial charge in [0.05, 0.1) is 0 Å². The van der Waals surface area contributed by atoms with Crippen molar-refractivity contribution >= 4 is 35.1 Å². The van der Waals surface area contributed by atoms with Gasteiger partial charge in [0.25, 0.3) is 0 Å². The molecule has 0 spiro atoms. The van der Waals surface area contributed by atoms with Crippen LogP contribution in [0.5, 0.6) is 0 Å². The van der Waals surface area contributed by atoms with E-state index in [9.17, 15) is 0 Å². The van der Waals surface area contributed by atoms with Crippen LogP contribution in [0.25, 0.3) is 34.4 Å². The van der Waals surface area contributed by atoms with Crippen LogP contribution in [-0.2, 0) is 15.6 Å². The Labute approximate surface area is 317 Å². The van der Waals surface area contributed by atoms with E-state index in [-0.39, 0.29) is 7.25 Å². The van der Waals surface area contributed by atoms with Gasteiger partial charge in [-0.05, 0) is 0 Å². The van der Waals surface area contributed by atoms with Crippen LogP contribution >= 0.6 is 17.0 Å². The van der Waals surface area contributed by atoms with Crippen molar-refractivity contribution in [3.8, 4) is 22.3 Å². The average Bonchev–Trinajstić information content (AvgIpc) is 3.76. The van der Waals surface area contributed by atoms with Crippen molar-refractivity contribution in [3.05, 3.63) is 129 Å². The van der Waals surface area contributed by atoms with Gasteiger partial charge in [0, 0.05) is 0 Å². The minimum atomic E-state index is -4.87. The zero-order chi connectivity index (χ0) is 36.1. The topological polar surface area (TPSA) is 0 Å². The van der Waals surface area contributed by atoms with E-state index in [1.807, 2.05) is 0 Å². The van der Waals surface area contributed by atoms with Crippen LogP contribution in [0.15, 0.2) is 96.1 Å². The molecule has 0 radical (unpaired) electrons. The number of benzene rings is 4. The number of allylic oxidation sites excluding steroid dienone is 2. The fourth-order valence-electron chi connectivity index (χ4n) is 9.88. The minimum absolute atomic E-state index is 0.102. The van der Waals surface area contributed by atoms with Crippen molar-refractivity contribution in [3.63, 3.8) is 0 Å². The van der Waals surface area contributed by atoms with Crippen LogP contribution in [0.2, 0.25) is 13.1 Å². The fourth-order valence-corrected chi connectivity index (χ4v) is 41.4. The Balaban J connectivity index is 1.37. The molecule has 4 aromatic rings. The van der Waals surface area contributed by atoms with Crippen LogP contribution < -0.4 is 0 Å². The second kappa shape index (κ2) is 14.7. The zero-order valence-electron chi connectivity index (χ0n) is 31.9. The number of halogens is 2. The van der Waals surface area contributed by atoms with Crippen LogP contribution in [0.3, 0.4) is 0 Å². The Morgan fingerprint density at radius 1 is 0.686 bits per heavy atom. The van der Waals surface area contributed by atoms with Crippen molar-refractivity contribution in [2.75, 3.05) is 0 Å². The number of hydrogen-bond donors (Lipinski definition) is 0. The normalized spacial score (nSPS) is 20.5. The number of rotatable bonds is 10. The molecular formula is C47H57Cl2SiZr. The van der Waals surface area contributed by atoms with E-state index in [2.05, 4.69) is 145 Å². The van der Waals surface area contributed by atoms with Crippen molar-refractivity contribution in [1.82, 2.24) is 0 Å². The average molecular weight is 812 g/mol. The Hall–Kier alpha value is -1.96. The molecule has 0 saturated heterocycles. The van der Waals surface area contributed by atoms with Gasteiger partial charge in [-0.25, -0.2) is 0 Å². The summed E-state index contributed by atoms with van der Waals surface area (Å²) in [5, 5.41) is 0. The summed E-state index contributed by atoms with van der Waals surface area (Å²) in [6, 6.07) is 32.7. The van der Waals surface area contributed by atoms with Gasteiger partial charge in [-0.2, -0.15) is 0 Å². The van der Waals surface area contributed by atoms with E-state index in [0.717, 1.165) is 12.8 Å². The monoisotopic (exact) mass is 809 g/mol. The first-order valence-electron chi connectivity index (χ1n) is 19.9. The van der Waals surface area contributed by atoms with E-state index < -0.39 is 21.5 Å². The van der Waals surface area contributed by atoms with E-state index in [1.165, 1.54) is 98.9 Å². The Morgan fingerprint density at radius 2 is 1.24 bits per heavy atom. The Kier molecular flexibility index (Phi) is 10.8. The molecule has 1 saturated carbocycles. The van der Waals surface area contributed by atoms with Crippen LogP contribution in [0.4, 0.5) is 0 Å². The summed E-state index contributed by atoms with van der Waals surface area (Å²) in [4.78, 5) is 0. The number of hydrogen-bond acceptors (Lipinski definition) is 0. The molecular weight excluding hydrogens is 755 g/mol. The third-order valence-corrected chi connectivity index (χ3v) is 65.0. The van der Waals surface area contributed by atoms with Gasteiger partial charge < -0.3 is 0 Å². The fraction of sp³-hybridized carbons (Fsp3) is 0.404. The van der Waals surface area contributed by atoms with Crippen molar-refractivity contribution < 1.29 is 15.6 Å². The summed E-state index contributed by atoms with van der Waals surface area (Å²) >= 11 is -4.87. The predicted molar refractivity (Wildman–Crippen MR) is 225 cm³/mol. The molecule has 0 heterocycles. The molecule has 3 unspecified atom stereocenters. The third kappa shape index (κ3) is 6.41. The summed E-state index contributed by atoms with van der Waals surface area (Å²) in [7, 11) is 17.6. The molecule has 4 aromatic carbocycles. The van der Waals surface area contributed by atoms with Crippen LogP contribution in [0, 0.1) is 5.92 Å². The second-order valence-corrected chi connectivity index (χ2v) is 59.1. The first-order chi connectivity index (χ1) is 24.5. The third-order valence-electron chi connectivity index (χ3n) is 13.2. The molecule has 51 heavy (non-hydrogen) atoms. The second-order valence-electron chi connectivity index (χ2n) is 16.6. The van der Waals surface area contributed by atoms with Gasteiger partial charge in [0.1, 0.15) is 0 Å². The molecule has 3 atom stereocenters. The molecule has 267 valence electrons. The number of fused-ring (bicyclic) bond motifs is 2. The molecule has 1 fully saturated rings. The SMILES string of the molecule is CCC1=Cc2c(-c3ccc(C4CCCCC4)cc3)cccc2[CH]1[Zr]([Cl])([Cl])([CH]1C(C(C)CC)=Cc2c(-c3ccc(C(C)C)cc3)cccc21)[SiH](C)C. The van der Waals surface area contributed by atoms with Crippen LogP contribution in [-0.4, -0.2) is 5.92 Å². The molecule has 0 aliphatic heterocycles. The molecule has 4 heteroatoms. The quantitative estimate of drug-likeness (QED) is 0.140. The molecule has 0 amide bonds. The first kappa shape index (κ1) is 37.4. The summed E-state index contributed by atoms with van der Waals surface area (Å²) < 4.78 is 0.214. The Bertz CT molecular complexity index is 1960. The maximum atomic E-state index is 8.78. The molecule has 0 bridgehead atoms. The zero-order valence-corrected chi connectivity index (χ0v) is 37.0. The van der Waals surface area contributed by atoms with E-state index >= 15 is 0 Å². The molecule has 0 N–H and O–H groups in total. The molecule has 0 aromatic heterocycles. The van der Waals surface area contributed by atoms with Crippen molar-refractivity contribution in [1.29, 1.82) is 0 Å². The standard InChI is InChI=1S/C23H25.C22H25.C2H7Si.2ClH.Zr/c1-2-17-15-21-9-6-10-22(23(21)16-17)20-13-11-19(12-14-20)18-7-4-3-5-8-18;1-5-16(4)20-13-19-7-6-8-21(22(19)14-20)18-11-9-17(10-12-18)15(2)3;1-3-2;;;/h6,9-16,18H,2-5,7-8H2,1H3;6-16H,5H2,1-4H3;3H,1-2H3;2*1H;/q;;;;;+2/p-2. The Morgan fingerprint density at radius 3 is 1.76 bits per heavy atom. The van der Waals surface area contributed by atoms with Gasteiger partial charge >= 0.3 is 320 Å².